The molecule has 7 nitrogen and oxygen atoms in total. The van der Waals surface area contributed by atoms with Crippen molar-refractivity contribution in [1.29, 1.82) is 0 Å². The number of aromatic nitrogens is 2. The number of para-hydroxylation sites is 2. The normalized spacial score (nSPS) is 11.1. The van der Waals surface area contributed by atoms with E-state index in [-0.39, 0.29) is 25.0 Å². The Bertz CT molecular complexity index is 1130. The second-order valence-corrected chi connectivity index (χ2v) is 9.57. The quantitative estimate of drug-likeness (QED) is 0.348. The maximum atomic E-state index is 12.0. The first-order valence-electron chi connectivity index (χ1n) is 8.27. The molecule has 0 spiro atoms. The lowest BCUT2D eigenvalue weighted by atomic mass is 10.3. The Kier molecular flexibility index (Phi) is 6.20. The van der Waals surface area contributed by atoms with Gasteiger partial charge in [-0.25, -0.2) is 9.97 Å². The van der Waals surface area contributed by atoms with Gasteiger partial charge in [-0.05, 0) is 56.1 Å². The number of fused-ring (bicyclic) bond motifs is 2. The second kappa shape index (κ2) is 8.84. The molecule has 2 heterocycles. The molecule has 29 heavy (non-hydrogen) atoms. The lowest BCUT2D eigenvalue weighted by Gasteiger charge is -2.04. The van der Waals surface area contributed by atoms with Gasteiger partial charge in [-0.2, -0.15) is 0 Å². The van der Waals surface area contributed by atoms with Crippen molar-refractivity contribution in [3.63, 3.8) is 0 Å². The van der Waals surface area contributed by atoms with E-state index in [0.29, 0.717) is 10.3 Å². The van der Waals surface area contributed by atoms with Gasteiger partial charge in [0, 0.05) is 8.95 Å². The average Bonchev–Trinajstić information content (AvgIpc) is 3.26. The lowest BCUT2D eigenvalue weighted by molar-refractivity contribution is -0.125. The Morgan fingerprint density at radius 2 is 1.28 bits per heavy atom. The molecule has 0 unspecified atom stereocenters. The number of nitrogens with zero attached hydrogens (tertiary/aromatic N) is 2. The highest BCUT2D eigenvalue weighted by Crippen LogP contribution is 2.31. The Labute approximate surface area is 189 Å². The standard InChI is InChI=1S/C18H12Br2N4O3S2/c19-9-3-1-5-11-15(9)23-17(28-11)21-13(25)7-27-8-14(26)22-18-24-16-10(20)4-2-6-12(16)29-18/h1-6H,7-8H2,(H,21,23,25)(H,22,24,26). The van der Waals surface area contributed by atoms with Crippen LogP contribution in [-0.4, -0.2) is 35.0 Å². The van der Waals surface area contributed by atoms with Crippen LogP contribution in [0.3, 0.4) is 0 Å². The third kappa shape index (κ3) is 4.81. The van der Waals surface area contributed by atoms with Crippen LogP contribution in [0.4, 0.5) is 10.3 Å². The van der Waals surface area contributed by atoms with E-state index in [1.54, 1.807) is 0 Å². The van der Waals surface area contributed by atoms with Gasteiger partial charge in [-0.15, -0.1) is 0 Å². The maximum absolute atomic E-state index is 12.0. The summed E-state index contributed by atoms with van der Waals surface area (Å²) in [5.74, 6) is -0.756. The molecule has 4 aromatic rings. The number of thiazole rings is 2. The third-order valence-electron chi connectivity index (χ3n) is 3.70. The molecule has 0 fully saturated rings. The van der Waals surface area contributed by atoms with Crippen LogP contribution in [0.2, 0.25) is 0 Å². The molecular formula is C18H12Br2N4O3S2. The molecule has 2 aromatic carbocycles. The first-order valence-corrected chi connectivity index (χ1v) is 11.5. The predicted octanol–water partition coefficient (Wildman–Crippen LogP) is 5.02. The smallest absolute Gasteiger partial charge is 0.252 e. The highest BCUT2D eigenvalue weighted by Gasteiger charge is 2.12. The number of hydrogen-bond acceptors (Lipinski definition) is 7. The van der Waals surface area contributed by atoms with Gasteiger partial charge in [0.05, 0.1) is 20.4 Å². The van der Waals surface area contributed by atoms with Crippen LogP contribution in [-0.2, 0) is 14.3 Å². The lowest BCUT2D eigenvalue weighted by Crippen LogP contribution is -2.23. The molecule has 2 amide bonds. The molecule has 148 valence electrons. The van der Waals surface area contributed by atoms with Gasteiger partial charge >= 0.3 is 0 Å². The Hall–Kier alpha value is -1.92. The minimum absolute atomic E-state index is 0.254. The molecule has 0 aliphatic carbocycles. The number of hydrogen-bond donors (Lipinski definition) is 2. The summed E-state index contributed by atoms with van der Waals surface area (Å²) in [7, 11) is 0. The van der Waals surface area contributed by atoms with E-state index in [9.17, 15) is 9.59 Å². The molecule has 0 saturated heterocycles. The molecule has 0 aliphatic rings. The maximum Gasteiger partial charge on any atom is 0.252 e. The van der Waals surface area contributed by atoms with Gasteiger partial charge in [0.15, 0.2) is 10.3 Å². The Balaban J connectivity index is 1.27. The Morgan fingerprint density at radius 3 is 1.69 bits per heavy atom. The molecule has 0 saturated carbocycles. The van der Waals surface area contributed by atoms with E-state index >= 15 is 0 Å². The number of rotatable bonds is 6. The monoisotopic (exact) mass is 554 g/mol. The molecule has 0 bridgehead atoms. The molecule has 0 radical (unpaired) electrons. The van der Waals surface area contributed by atoms with Crippen molar-refractivity contribution in [1.82, 2.24) is 9.97 Å². The van der Waals surface area contributed by atoms with E-state index in [1.165, 1.54) is 22.7 Å². The zero-order valence-corrected chi connectivity index (χ0v) is 19.4. The summed E-state index contributed by atoms with van der Waals surface area (Å²) >= 11 is 9.60. The number of halogens is 2. The summed E-state index contributed by atoms with van der Waals surface area (Å²) in [6.45, 7) is -0.508. The Morgan fingerprint density at radius 1 is 0.828 bits per heavy atom. The number of anilines is 2. The van der Waals surface area contributed by atoms with Crippen molar-refractivity contribution in [2.75, 3.05) is 23.8 Å². The van der Waals surface area contributed by atoms with Crippen LogP contribution in [0.1, 0.15) is 0 Å². The third-order valence-corrected chi connectivity index (χ3v) is 6.85. The first kappa shape index (κ1) is 20.4. The molecule has 0 atom stereocenters. The minimum atomic E-state index is -0.378. The minimum Gasteiger partial charge on any atom is -0.362 e. The van der Waals surface area contributed by atoms with Crippen molar-refractivity contribution in [2.45, 2.75) is 0 Å². The van der Waals surface area contributed by atoms with Gasteiger partial charge in [-0.3, -0.25) is 20.2 Å². The summed E-state index contributed by atoms with van der Waals surface area (Å²) in [5, 5.41) is 6.32. The summed E-state index contributed by atoms with van der Waals surface area (Å²) < 4.78 is 8.85. The molecule has 4 rings (SSSR count). The van der Waals surface area contributed by atoms with E-state index in [0.717, 1.165) is 29.4 Å². The fraction of sp³-hybridized carbons (Fsp3) is 0.111. The van der Waals surface area contributed by atoms with Crippen molar-refractivity contribution in [3.05, 3.63) is 45.3 Å². The molecular weight excluding hydrogens is 544 g/mol. The zero-order chi connectivity index (χ0) is 20.4. The molecule has 2 aromatic heterocycles. The van der Waals surface area contributed by atoms with Gasteiger partial charge in [-0.1, -0.05) is 34.8 Å². The fourth-order valence-corrected chi connectivity index (χ4v) is 5.47. The number of amides is 2. The van der Waals surface area contributed by atoms with Crippen LogP contribution in [0.5, 0.6) is 0 Å². The summed E-state index contributed by atoms with van der Waals surface area (Å²) in [6, 6.07) is 11.4. The number of carbonyl (C=O) groups is 2. The molecule has 0 aliphatic heterocycles. The average molecular weight is 556 g/mol. The number of benzene rings is 2. The highest BCUT2D eigenvalue weighted by molar-refractivity contribution is 9.11. The highest BCUT2D eigenvalue weighted by atomic mass is 79.9. The molecule has 2 N–H and O–H groups in total. The van der Waals surface area contributed by atoms with E-state index in [1.807, 2.05) is 36.4 Å². The van der Waals surface area contributed by atoms with Crippen LogP contribution < -0.4 is 10.6 Å². The molecule has 11 heteroatoms. The number of carbonyl (C=O) groups excluding carboxylic acids is 2. The first-order chi connectivity index (χ1) is 14.0. The largest absolute Gasteiger partial charge is 0.362 e. The summed E-state index contributed by atoms with van der Waals surface area (Å²) in [5.41, 5.74) is 1.58. The second-order valence-electron chi connectivity index (χ2n) is 5.80. The van der Waals surface area contributed by atoms with Crippen LogP contribution in [0.25, 0.3) is 20.4 Å². The van der Waals surface area contributed by atoms with E-state index in [4.69, 9.17) is 4.74 Å². The van der Waals surface area contributed by atoms with E-state index < -0.39 is 0 Å². The van der Waals surface area contributed by atoms with Crippen LogP contribution >= 0.6 is 54.5 Å². The predicted molar refractivity (Wildman–Crippen MR) is 123 cm³/mol. The fourth-order valence-electron chi connectivity index (χ4n) is 2.48. The summed E-state index contributed by atoms with van der Waals surface area (Å²) in [6.07, 6.45) is 0. The van der Waals surface area contributed by atoms with Gasteiger partial charge < -0.3 is 4.74 Å². The number of ether oxygens (including phenoxy) is 1. The SMILES string of the molecule is O=C(COCC(=O)Nc1nc2c(Br)cccc2s1)Nc1nc2c(Br)cccc2s1. The topological polar surface area (TPSA) is 93.2 Å². The van der Waals surface area contributed by atoms with Crippen molar-refractivity contribution in [3.8, 4) is 0 Å². The van der Waals surface area contributed by atoms with Gasteiger partial charge in [0.1, 0.15) is 13.2 Å². The van der Waals surface area contributed by atoms with Crippen LogP contribution in [0, 0.1) is 0 Å². The van der Waals surface area contributed by atoms with Crippen molar-refractivity contribution in [2.24, 2.45) is 0 Å². The van der Waals surface area contributed by atoms with Crippen molar-refractivity contribution >= 4 is 97.0 Å². The zero-order valence-electron chi connectivity index (χ0n) is 14.6. The summed E-state index contributed by atoms with van der Waals surface area (Å²) in [4.78, 5) is 32.8. The van der Waals surface area contributed by atoms with E-state index in [2.05, 4.69) is 52.5 Å². The number of nitrogens with one attached hydrogen (secondary N) is 2. The van der Waals surface area contributed by atoms with Gasteiger partial charge in [0.2, 0.25) is 0 Å². The van der Waals surface area contributed by atoms with Crippen LogP contribution in [0.15, 0.2) is 45.3 Å². The van der Waals surface area contributed by atoms with Crippen molar-refractivity contribution < 1.29 is 14.3 Å². The van der Waals surface area contributed by atoms with Gasteiger partial charge in [0.25, 0.3) is 11.8 Å².